The molecule has 1 saturated carbocycles. The largest absolute Gasteiger partial charge is 0.351 e. The number of aromatic nitrogens is 1. The van der Waals surface area contributed by atoms with Crippen LogP contribution < -0.4 is 5.32 Å². The van der Waals surface area contributed by atoms with Gasteiger partial charge in [0.05, 0.1) is 13.1 Å². The van der Waals surface area contributed by atoms with Crippen molar-refractivity contribution in [3.05, 3.63) is 108 Å². The fourth-order valence-electron chi connectivity index (χ4n) is 6.03. The maximum atomic E-state index is 14.9. The van der Waals surface area contributed by atoms with Gasteiger partial charge in [-0.2, -0.15) is 0 Å². The molecule has 1 aliphatic heterocycles. The minimum atomic E-state index is -1.34. The van der Waals surface area contributed by atoms with Gasteiger partial charge >= 0.3 is 0 Å². The summed E-state index contributed by atoms with van der Waals surface area (Å²) in [5.74, 6) is -0.886. The maximum absolute atomic E-state index is 14.9. The van der Waals surface area contributed by atoms with Gasteiger partial charge in [-0.05, 0) is 36.6 Å². The number of fused-ring (bicyclic) bond motifs is 3. The number of carbonyl (C=O) groups excluding carboxylic acids is 2. The summed E-state index contributed by atoms with van der Waals surface area (Å²) >= 11 is 0. The van der Waals surface area contributed by atoms with Crippen LogP contribution in [0.5, 0.6) is 0 Å². The third kappa shape index (κ3) is 4.01. The molecule has 4 aromatic rings. The third-order valence-corrected chi connectivity index (χ3v) is 7.98. The van der Waals surface area contributed by atoms with Crippen LogP contribution in [0.3, 0.4) is 0 Å². The lowest BCUT2D eigenvalue weighted by molar-refractivity contribution is -0.136. The van der Waals surface area contributed by atoms with E-state index in [2.05, 4.69) is 5.32 Å². The van der Waals surface area contributed by atoms with Crippen molar-refractivity contribution in [1.29, 1.82) is 0 Å². The van der Waals surface area contributed by atoms with E-state index in [1.807, 2.05) is 65.2 Å². The topological polar surface area (TPSA) is 54.3 Å². The Morgan fingerprint density at radius 2 is 1.62 bits per heavy atom. The number of para-hydroxylation sites is 1. The molecule has 1 N–H and O–H groups in total. The second-order valence-electron chi connectivity index (χ2n) is 10.2. The number of benzene rings is 3. The average Bonchev–Trinajstić information content (AvgIpc) is 3.31. The van der Waals surface area contributed by atoms with Crippen molar-refractivity contribution in [2.24, 2.45) is 0 Å². The Balaban J connectivity index is 1.55. The van der Waals surface area contributed by atoms with Crippen molar-refractivity contribution < 1.29 is 14.0 Å². The average molecular weight is 496 g/mol. The number of nitrogens with zero attached hydrogens (tertiary/aromatic N) is 2. The van der Waals surface area contributed by atoms with Crippen molar-refractivity contribution >= 4 is 22.7 Å². The Bertz CT molecular complexity index is 1460. The number of halogens is 1. The molecule has 1 atom stereocenters. The van der Waals surface area contributed by atoms with Gasteiger partial charge in [0, 0.05) is 22.5 Å². The van der Waals surface area contributed by atoms with E-state index in [-0.39, 0.29) is 30.9 Å². The lowest BCUT2D eigenvalue weighted by atomic mass is 9.83. The lowest BCUT2D eigenvalue weighted by Gasteiger charge is -2.47. The molecule has 5 nitrogen and oxygen atoms in total. The van der Waals surface area contributed by atoms with E-state index in [0.717, 1.165) is 42.1 Å². The molecule has 0 saturated heterocycles. The first kappa shape index (κ1) is 23.5. The highest BCUT2D eigenvalue weighted by atomic mass is 19.1. The number of hydrogen-bond donors (Lipinski definition) is 1. The SMILES string of the molecule is O=C1c2cc3ccccc3n2C[C@](C(=O)NC2CCCCC2)(c2ccccc2)N1Cc1ccccc1F. The summed E-state index contributed by atoms with van der Waals surface area (Å²) in [6.07, 6.45) is 5.18. The second-order valence-corrected chi connectivity index (χ2v) is 10.2. The molecule has 1 aliphatic carbocycles. The normalized spacial score (nSPS) is 20.1. The number of amides is 2. The number of rotatable bonds is 5. The Morgan fingerprint density at radius 3 is 2.41 bits per heavy atom. The van der Waals surface area contributed by atoms with E-state index in [0.29, 0.717) is 11.3 Å². The third-order valence-electron chi connectivity index (χ3n) is 7.98. The van der Waals surface area contributed by atoms with E-state index in [1.54, 1.807) is 23.1 Å². The predicted octanol–water partition coefficient (Wildman–Crippen LogP) is 5.78. The summed E-state index contributed by atoms with van der Waals surface area (Å²) < 4.78 is 16.9. The fraction of sp³-hybridized carbons (Fsp3) is 0.290. The summed E-state index contributed by atoms with van der Waals surface area (Å²) in [7, 11) is 0. The molecule has 2 heterocycles. The van der Waals surface area contributed by atoms with Crippen LogP contribution in [0.15, 0.2) is 84.9 Å². The summed E-state index contributed by atoms with van der Waals surface area (Å²) in [6.45, 7) is 0.235. The molecule has 0 spiro atoms. The van der Waals surface area contributed by atoms with Crippen LogP contribution in [0.25, 0.3) is 10.9 Å². The number of nitrogens with one attached hydrogen (secondary N) is 1. The molecule has 2 amide bonds. The Morgan fingerprint density at radius 1 is 0.919 bits per heavy atom. The Hall–Kier alpha value is -3.93. The van der Waals surface area contributed by atoms with Gasteiger partial charge < -0.3 is 14.8 Å². The minimum absolute atomic E-state index is 0.0139. The molecule has 6 rings (SSSR count). The molecular formula is C31H30FN3O2. The van der Waals surface area contributed by atoms with Crippen LogP contribution in [0.2, 0.25) is 0 Å². The standard InChI is InChI=1S/C31H30FN3O2/c32-26-17-9-7-12-23(26)20-35-29(36)28-19-22-11-8-10-18-27(22)34(28)21-31(35,24-13-3-1-4-14-24)30(37)33-25-15-5-2-6-16-25/h1,3-4,7-14,17-19,25H,2,5-6,15-16,20-21H2,(H,33,37)/t31-/m1/s1. The van der Waals surface area contributed by atoms with E-state index in [4.69, 9.17) is 0 Å². The summed E-state index contributed by atoms with van der Waals surface area (Å²) in [5, 5.41) is 4.25. The molecule has 188 valence electrons. The monoisotopic (exact) mass is 495 g/mol. The molecular weight excluding hydrogens is 465 g/mol. The lowest BCUT2D eigenvalue weighted by Crippen LogP contribution is -2.64. The van der Waals surface area contributed by atoms with E-state index in [9.17, 15) is 14.0 Å². The molecule has 6 heteroatoms. The highest BCUT2D eigenvalue weighted by Crippen LogP contribution is 2.40. The van der Waals surface area contributed by atoms with Crippen molar-refractivity contribution in [2.75, 3.05) is 0 Å². The molecule has 3 aromatic carbocycles. The van der Waals surface area contributed by atoms with E-state index in [1.165, 1.54) is 12.5 Å². The first-order valence-corrected chi connectivity index (χ1v) is 13.1. The van der Waals surface area contributed by atoms with Gasteiger partial charge in [0.15, 0.2) is 5.54 Å². The first-order chi connectivity index (χ1) is 18.1. The molecule has 1 fully saturated rings. The van der Waals surface area contributed by atoms with Gasteiger partial charge in [-0.25, -0.2) is 4.39 Å². The van der Waals surface area contributed by atoms with Gasteiger partial charge in [-0.15, -0.1) is 0 Å². The summed E-state index contributed by atoms with van der Waals surface area (Å²) in [5.41, 5.74) is 1.17. The van der Waals surface area contributed by atoms with Crippen LogP contribution in [0.4, 0.5) is 4.39 Å². The minimum Gasteiger partial charge on any atom is -0.351 e. The van der Waals surface area contributed by atoms with Crippen LogP contribution >= 0.6 is 0 Å². The van der Waals surface area contributed by atoms with Crippen molar-refractivity contribution in [3.8, 4) is 0 Å². The van der Waals surface area contributed by atoms with Crippen molar-refractivity contribution in [1.82, 2.24) is 14.8 Å². The second kappa shape index (κ2) is 9.51. The molecule has 0 radical (unpaired) electrons. The summed E-state index contributed by atoms with van der Waals surface area (Å²) in [6, 6.07) is 25.7. The molecule has 0 unspecified atom stereocenters. The smallest absolute Gasteiger partial charge is 0.272 e. The van der Waals surface area contributed by atoms with Crippen molar-refractivity contribution in [3.63, 3.8) is 0 Å². The van der Waals surface area contributed by atoms with E-state index < -0.39 is 11.4 Å². The summed E-state index contributed by atoms with van der Waals surface area (Å²) in [4.78, 5) is 30.4. The predicted molar refractivity (Wildman–Crippen MR) is 141 cm³/mol. The van der Waals surface area contributed by atoms with Gasteiger partial charge in [-0.1, -0.05) is 86.0 Å². The first-order valence-electron chi connectivity index (χ1n) is 13.1. The quantitative estimate of drug-likeness (QED) is 0.382. The van der Waals surface area contributed by atoms with E-state index >= 15 is 0 Å². The zero-order chi connectivity index (χ0) is 25.4. The van der Waals surface area contributed by atoms with Gasteiger partial charge in [0.1, 0.15) is 11.5 Å². The molecule has 1 aromatic heterocycles. The van der Waals surface area contributed by atoms with Crippen LogP contribution in [0, 0.1) is 5.82 Å². The van der Waals surface area contributed by atoms with Gasteiger partial charge in [0.2, 0.25) is 0 Å². The van der Waals surface area contributed by atoms with Crippen LogP contribution in [0.1, 0.15) is 53.7 Å². The zero-order valence-corrected chi connectivity index (χ0v) is 20.7. The molecule has 37 heavy (non-hydrogen) atoms. The Labute approximate surface area is 215 Å². The fourth-order valence-corrected chi connectivity index (χ4v) is 6.03. The zero-order valence-electron chi connectivity index (χ0n) is 20.7. The number of hydrogen-bond acceptors (Lipinski definition) is 2. The maximum Gasteiger partial charge on any atom is 0.272 e. The van der Waals surface area contributed by atoms with Gasteiger partial charge in [-0.3, -0.25) is 9.59 Å². The van der Waals surface area contributed by atoms with Crippen molar-refractivity contribution in [2.45, 2.75) is 56.8 Å². The van der Waals surface area contributed by atoms with Crippen LogP contribution in [-0.4, -0.2) is 27.3 Å². The van der Waals surface area contributed by atoms with Gasteiger partial charge in [0.25, 0.3) is 11.8 Å². The number of carbonyl (C=O) groups is 2. The van der Waals surface area contributed by atoms with Crippen LogP contribution in [-0.2, 0) is 23.4 Å². The molecule has 2 aliphatic rings. The molecule has 0 bridgehead atoms. The highest BCUT2D eigenvalue weighted by molar-refractivity contribution is 6.04. The Kier molecular flexibility index (Phi) is 6.03. The highest BCUT2D eigenvalue weighted by Gasteiger charge is 2.53.